The van der Waals surface area contributed by atoms with Crippen LogP contribution in [0.5, 0.6) is 0 Å². The summed E-state index contributed by atoms with van der Waals surface area (Å²) in [5.41, 5.74) is 3.23. The third-order valence-electron chi connectivity index (χ3n) is 4.16. The lowest BCUT2D eigenvalue weighted by Gasteiger charge is -2.21. The standard InChI is InChI=1S/C21H21ClN4O/c1-3-26(17-9-6-7-15(2)11-17)21(27)19-13-25-20(14-23-19)24-12-16-8-4-5-10-18(16)22/h4-11,13-14H,3,12H2,1-2H3,(H,24,25). The number of hydrogen-bond acceptors (Lipinski definition) is 4. The van der Waals surface area contributed by atoms with E-state index in [4.69, 9.17) is 11.6 Å². The average Bonchev–Trinajstić information content (AvgIpc) is 2.68. The average molecular weight is 381 g/mol. The topological polar surface area (TPSA) is 58.1 Å². The maximum atomic E-state index is 12.8. The van der Waals surface area contributed by atoms with Crippen LogP contribution in [0.4, 0.5) is 11.5 Å². The molecular formula is C21H21ClN4O. The van der Waals surface area contributed by atoms with Gasteiger partial charge in [0.25, 0.3) is 5.91 Å². The van der Waals surface area contributed by atoms with Gasteiger partial charge in [-0.25, -0.2) is 9.97 Å². The van der Waals surface area contributed by atoms with Crippen LogP contribution in [0.1, 0.15) is 28.5 Å². The molecule has 3 aromatic rings. The SMILES string of the molecule is CCN(C(=O)c1cnc(NCc2ccccc2Cl)cn1)c1cccc(C)c1. The maximum Gasteiger partial charge on any atom is 0.278 e. The molecule has 1 aromatic heterocycles. The fraction of sp³-hybridized carbons (Fsp3) is 0.190. The predicted molar refractivity (Wildman–Crippen MR) is 109 cm³/mol. The molecule has 0 radical (unpaired) electrons. The number of anilines is 2. The summed E-state index contributed by atoms with van der Waals surface area (Å²) in [4.78, 5) is 23.1. The second kappa shape index (κ2) is 8.64. The van der Waals surface area contributed by atoms with Crippen LogP contribution in [0.15, 0.2) is 60.9 Å². The monoisotopic (exact) mass is 380 g/mol. The highest BCUT2D eigenvalue weighted by atomic mass is 35.5. The van der Waals surface area contributed by atoms with Crippen LogP contribution < -0.4 is 10.2 Å². The Hall–Kier alpha value is -2.92. The predicted octanol–water partition coefficient (Wildman–Crippen LogP) is 4.72. The van der Waals surface area contributed by atoms with Gasteiger partial charge >= 0.3 is 0 Å². The van der Waals surface area contributed by atoms with Gasteiger partial charge in [-0.15, -0.1) is 0 Å². The van der Waals surface area contributed by atoms with Gasteiger partial charge in [-0.2, -0.15) is 0 Å². The van der Waals surface area contributed by atoms with Gasteiger partial charge in [0.05, 0.1) is 12.4 Å². The van der Waals surface area contributed by atoms with Crippen molar-refractivity contribution in [3.63, 3.8) is 0 Å². The van der Waals surface area contributed by atoms with Crippen molar-refractivity contribution in [1.29, 1.82) is 0 Å². The molecule has 0 fully saturated rings. The minimum absolute atomic E-state index is 0.173. The zero-order chi connectivity index (χ0) is 19.2. The largest absolute Gasteiger partial charge is 0.365 e. The highest BCUT2D eigenvalue weighted by Gasteiger charge is 2.18. The number of halogens is 1. The zero-order valence-electron chi connectivity index (χ0n) is 15.3. The summed E-state index contributed by atoms with van der Waals surface area (Å²) in [6, 6.07) is 15.4. The molecule has 1 amide bonds. The lowest BCUT2D eigenvalue weighted by molar-refractivity contribution is 0.0983. The quantitative estimate of drug-likeness (QED) is 0.672. The van der Waals surface area contributed by atoms with Crippen molar-refractivity contribution >= 4 is 29.0 Å². The van der Waals surface area contributed by atoms with Gasteiger partial charge in [0.15, 0.2) is 0 Å². The lowest BCUT2D eigenvalue weighted by atomic mass is 10.2. The van der Waals surface area contributed by atoms with Gasteiger partial charge in [0, 0.05) is 23.8 Å². The molecule has 0 spiro atoms. The second-order valence-corrected chi connectivity index (χ2v) is 6.53. The van der Waals surface area contributed by atoms with E-state index in [2.05, 4.69) is 15.3 Å². The first-order valence-electron chi connectivity index (χ1n) is 8.76. The van der Waals surface area contributed by atoms with Crippen LogP contribution in [0, 0.1) is 6.92 Å². The van der Waals surface area contributed by atoms with Crippen LogP contribution >= 0.6 is 11.6 Å². The number of nitrogens with zero attached hydrogens (tertiary/aromatic N) is 3. The van der Waals surface area contributed by atoms with Crippen molar-refractivity contribution < 1.29 is 4.79 Å². The molecule has 0 unspecified atom stereocenters. The Kier molecular flexibility index (Phi) is 6.04. The van der Waals surface area contributed by atoms with E-state index in [1.807, 2.05) is 62.4 Å². The molecule has 0 saturated carbocycles. The Bertz CT molecular complexity index is 927. The lowest BCUT2D eigenvalue weighted by Crippen LogP contribution is -2.31. The first-order chi connectivity index (χ1) is 13.1. The molecular weight excluding hydrogens is 360 g/mol. The highest BCUT2D eigenvalue weighted by Crippen LogP contribution is 2.19. The summed E-state index contributed by atoms with van der Waals surface area (Å²) in [7, 11) is 0. The van der Waals surface area contributed by atoms with E-state index in [1.165, 1.54) is 6.20 Å². The Balaban J connectivity index is 1.70. The first-order valence-corrected chi connectivity index (χ1v) is 9.14. The summed E-state index contributed by atoms with van der Waals surface area (Å²) in [6.07, 6.45) is 3.06. The summed E-state index contributed by atoms with van der Waals surface area (Å²) in [6.45, 7) is 5.02. The number of carbonyl (C=O) groups excluding carboxylic acids is 1. The second-order valence-electron chi connectivity index (χ2n) is 6.12. The van der Waals surface area contributed by atoms with Gasteiger partial charge in [-0.1, -0.05) is 41.9 Å². The molecule has 0 aliphatic rings. The van der Waals surface area contributed by atoms with Gasteiger partial charge in [-0.05, 0) is 43.2 Å². The summed E-state index contributed by atoms with van der Waals surface area (Å²) in [5.74, 6) is 0.415. The van der Waals surface area contributed by atoms with E-state index in [9.17, 15) is 4.79 Å². The van der Waals surface area contributed by atoms with Crippen molar-refractivity contribution in [1.82, 2.24) is 9.97 Å². The minimum Gasteiger partial charge on any atom is -0.365 e. The Morgan fingerprint density at radius 1 is 1.11 bits per heavy atom. The third-order valence-corrected chi connectivity index (χ3v) is 4.53. The molecule has 0 bridgehead atoms. The zero-order valence-corrected chi connectivity index (χ0v) is 16.1. The van der Waals surface area contributed by atoms with Crippen LogP contribution in [0.25, 0.3) is 0 Å². The molecule has 0 atom stereocenters. The smallest absolute Gasteiger partial charge is 0.278 e. The molecule has 0 aliphatic carbocycles. The van der Waals surface area contributed by atoms with E-state index in [0.717, 1.165) is 16.8 Å². The summed E-state index contributed by atoms with van der Waals surface area (Å²) >= 11 is 6.15. The highest BCUT2D eigenvalue weighted by molar-refractivity contribution is 6.31. The van der Waals surface area contributed by atoms with Crippen LogP contribution in [0.2, 0.25) is 5.02 Å². The van der Waals surface area contributed by atoms with Crippen LogP contribution in [-0.4, -0.2) is 22.4 Å². The third kappa shape index (κ3) is 4.63. The molecule has 0 aliphatic heterocycles. The molecule has 1 heterocycles. The van der Waals surface area contributed by atoms with E-state index in [-0.39, 0.29) is 5.91 Å². The normalized spacial score (nSPS) is 10.5. The Morgan fingerprint density at radius 2 is 1.93 bits per heavy atom. The van der Waals surface area contributed by atoms with Gasteiger partial charge in [-0.3, -0.25) is 4.79 Å². The van der Waals surface area contributed by atoms with E-state index >= 15 is 0 Å². The van der Waals surface area contributed by atoms with Crippen molar-refractivity contribution in [2.24, 2.45) is 0 Å². The van der Waals surface area contributed by atoms with E-state index < -0.39 is 0 Å². The maximum absolute atomic E-state index is 12.8. The molecule has 2 aromatic carbocycles. The summed E-state index contributed by atoms with van der Waals surface area (Å²) in [5, 5.41) is 3.86. The van der Waals surface area contributed by atoms with Gasteiger partial charge in [0.1, 0.15) is 11.5 Å². The number of rotatable bonds is 6. The number of amides is 1. The van der Waals surface area contributed by atoms with Crippen molar-refractivity contribution in [2.75, 3.05) is 16.8 Å². The Labute approximate surface area is 164 Å². The Morgan fingerprint density at radius 3 is 2.59 bits per heavy atom. The molecule has 0 saturated heterocycles. The summed E-state index contributed by atoms with van der Waals surface area (Å²) < 4.78 is 0. The molecule has 1 N–H and O–H groups in total. The molecule has 6 heteroatoms. The van der Waals surface area contributed by atoms with Crippen molar-refractivity contribution in [3.8, 4) is 0 Å². The number of aromatic nitrogens is 2. The van der Waals surface area contributed by atoms with Gasteiger partial charge in [0.2, 0.25) is 0 Å². The number of nitrogens with one attached hydrogen (secondary N) is 1. The molecule has 3 rings (SSSR count). The fourth-order valence-corrected chi connectivity index (χ4v) is 2.94. The van der Waals surface area contributed by atoms with Crippen molar-refractivity contribution in [3.05, 3.63) is 82.8 Å². The van der Waals surface area contributed by atoms with Crippen LogP contribution in [-0.2, 0) is 6.54 Å². The van der Waals surface area contributed by atoms with Gasteiger partial charge < -0.3 is 10.2 Å². The van der Waals surface area contributed by atoms with Crippen LogP contribution in [0.3, 0.4) is 0 Å². The minimum atomic E-state index is -0.173. The number of aryl methyl sites for hydroxylation is 1. The van der Waals surface area contributed by atoms with Crippen molar-refractivity contribution in [2.45, 2.75) is 20.4 Å². The van der Waals surface area contributed by atoms with E-state index in [1.54, 1.807) is 11.1 Å². The molecule has 5 nitrogen and oxygen atoms in total. The number of carbonyl (C=O) groups is 1. The molecule has 27 heavy (non-hydrogen) atoms. The van der Waals surface area contributed by atoms with E-state index in [0.29, 0.717) is 29.6 Å². The number of hydrogen-bond donors (Lipinski definition) is 1. The molecule has 138 valence electrons. The first kappa shape index (κ1) is 18.9. The fourth-order valence-electron chi connectivity index (χ4n) is 2.73. The number of benzene rings is 2.